The van der Waals surface area contributed by atoms with E-state index in [-0.39, 0.29) is 10.9 Å². The van der Waals surface area contributed by atoms with Crippen molar-refractivity contribution in [1.82, 2.24) is 19.8 Å². The molecule has 2 rings (SSSR count). The molecule has 8 heteroatoms. The van der Waals surface area contributed by atoms with Gasteiger partial charge in [-0.3, -0.25) is 9.89 Å². The van der Waals surface area contributed by atoms with Crippen LogP contribution in [0.3, 0.4) is 0 Å². The van der Waals surface area contributed by atoms with Gasteiger partial charge in [0.25, 0.3) is 10.0 Å². The van der Waals surface area contributed by atoms with Gasteiger partial charge in [-0.25, -0.2) is 8.42 Å². The van der Waals surface area contributed by atoms with E-state index >= 15 is 0 Å². The van der Waals surface area contributed by atoms with E-state index in [2.05, 4.69) is 14.9 Å². The van der Waals surface area contributed by atoms with Crippen molar-refractivity contribution in [2.45, 2.75) is 17.5 Å². The number of aromatic amines is 1. The number of nitrogens with one attached hydrogen (secondary N) is 2. The zero-order valence-corrected chi connectivity index (χ0v) is 9.49. The van der Waals surface area contributed by atoms with Crippen molar-refractivity contribution >= 4 is 15.9 Å². The van der Waals surface area contributed by atoms with E-state index in [0.29, 0.717) is 13.0 Å². The highest BCUT2D eigenvalue weighted by atomic mass is 32.2. The maximum absolute atomic E-state index is 11.7. The Balaban J connectivity index is 2.14. The maximum atomic E-state index is 11.7. The summed E-state index contributed by atoms with van der Waals surface area (Å²) < 4.78 is 25.8. The molecular weight excluding hydrogens is 232 g/mol. The minimum absolute atomic E-state index is 0.0325. The average molecular weight is 244 g/mol. The first-order valence-electron chi connectivity index (χ1n) is 4.77. The Hall–Kier alpha value is -1.41. The van der Waals surface area contributed by atoms with Gasteiger partial charge in [0.2, 0.25) is 5.91 Å². The van der Waals surface area contributed by atoms with Gasteiger partial charge in [0.05, 0.1) is 6.20 Å². The van der Waals surface area contributed by atoms with Gasteiger partial charge in [-0.1, -0.05) is 0 Å². The van der Waals surface area contributed by atoms with Gasteiger partial charge >= 0.3 is 0 Å². The fourth-order valence-electron chi connectivity index (χ4n) is 1.58. The number of rotatable bonds is 3. The number of hydrogen-bond acceptors (Lipinski definition) is 4. The normalized spacial score (nSPS) is 21.7. The van der Waals surface area contributed by atoms with Gasteiger partial charge in [-0.05, 0) is 12.5 Å². The van der Waals surface area contributed by atoms with Gasteiger partial charge in [0.15, 0.2) is 5.03 Å². The molecule has 0 aromatic carbocycles. The summed E-state index contributed by atoms with van der Waals surface area (Å²) in [6, 6.07) is 0.671. The predicted molar refractivity (Wildman–Crippen MR) is 55.0 cm³/mol. The van der Waals surface area contributed by atoms with E-state index in [4.69, 9.17) is 0 Å². The molecule has 1 aliphatic rings. The molecule has 0 saturated carbocycles. The molecule has 0 bridgehead atoms. The predicted octanol–water partition coefficient (Wildman–Crippen LogP) is -1.08. The Morgan fingerprint density at radius 2 is 2.38 bits per heavy atom. The summed E-state index contributed by atoms with van der Waals surface area (Å²) in [6.07, 6.45) is 1.83. The molecule has 2 heterocycles. The summed E-state index contributed by atoms with van der Waals surface area (Å²) >= 11 is 0. The van der Waals surface area contributed by atoms with E-state index in [0.717, 1.165) is 0 Å². The molecule has 1 aliphatic heterocycles. The fraction of sp³-hybridized carbons (Fsp3) is 0.500. The van der Waals surface area contributed by atoms with Gasteiger partial charge in [-0.15, -0.1) is 0 Å². The molecule has 0 aliphatic carbocycles. The largest absolute Gasteiger partial charge is 0.344 e. The molecule has 2 N–H and O–H groups in total. The highest BCUT2D eigenvalue weighted by molar-refractivity contribution is 7.89. The van der Waals surface area contributed by atoms with Crippen LogP contribution in [0, 0.1) is 0 Å². The van der Waals surface area contributed by atoms with Crippen molar-refractivity contribution in [2.24, 2.45) is 0 Å². The van der Waals surface area contributed by atoms with Crippen molar-refractivity contribution in [3.05, 3.63) is 12.3 Å². The molecule has 1 unspecified atom stereocenters. The number of carbonyl (C=O) groups excluding carboxylic acids is 1. The first-order chi connectivity index (χ1) is 7.50. The Morgan fingerprint density at radius 1 is 1.62 bits per heavy atom. The van der Waals surface area contributed by atoms with Crippen LogP contribution in [0.4, 0.5) is 0 Å². The monoisotopic (exact) mass is 244 g/mol. The SMILES string of the molecule is CN1CCC(NS(=O)(=O)c2ccn[nH]2)C1=O. The molecule has 7 nitrogen and oxygen atoms in total. The maximum Gasteiger partial charge on any atom is 0.258 e. The summed E-state index contributed by atoms with van der Waals surface area (Å²) in [4.78, 5) is 13.0. The summed E-state index contributed by atoms with van der Waals surface area (Å²) in [5.74, 6) is -0.205. The second-order valence-electron chi connectivity index (χ2n) is 3.64. The lowest BCUT2D eigenvalue weighted by atomic mass is 10.3. The van der Waals surface area contributed by atoms with Gasteiger partial charge in [0.1, 0.15) is 6.04 Å². The first kappa shape index (κ1) is 11.1. The van der Waals surface area contributed by atoms with E-state index < -0.39 is 16.1 Å². The zero-order chi connectivity index (χ0) is 11.8. The quantitative estimate of drug-likeness (QED) is 0.707. The third kappa shape index (κ3) is 1.93. The van der Waals surface area contributed by atoms with Crippen molar-refractivity contribution in [3.63, 3.8) is 0 Å². The number of H-pyrrole nitrogens is 1. The standard InChI is InChI=1S/C8H12N4O3S/c1-12-5-3-6(8(12)13)11-16(14,15)7-2-4-9-10-7/h2,4,6,11H,3,5H2,1H3,(H,9,10). The molecule has 1 aromatic heterocycles. The second kappa shape index (κ2) is 3.87. The topological polar surface area (TPSA) is 95.2 Å². The Morgan fingerprint density at radius 3 is 2.88 bits per heavy atom. The van der Waals surface area contributed by atoms with Crippen LogP contribution in [0.5, 0.6) is 0 Å². The van der Waals surface area contributed by atoms with Crippen LogP contribution in [0.1, 0.15) is 6.42 Å². The Kier molecular flexibility index (Phi) is 2.68. The second-order valence-corrected chi connectivity index (χ2v) is 5.33. The lowest BCUT2D eigenvalue weighted by molar-refractivity contribution is -0.127. The molecule has 1 aromatic rings. The Labute approximate surface area is 92.9 Å². The summed E-state index contributed by atoms with van der Waals surface area (Å²) in [7, 11) is -2.03. The number of carbonyl (C=O) groups is 1. The lowest BCUT2D eigenvalue weighted by Crippen LogP contribution is -2.40. The molecule has 1 saturated heterocycles. The van der Waals surface area contributed by atoms with Crippen LogP contribution in [0.15, 0.2) is 17.3 Å². The van der Waals surface area contributed by atoms with Crippen LogP contribution in [-0.4, -0.2) is 49.1 Å². The summed E-state index contributed by atoms with van der Waals surface area (Å²) in [5, 5.41) is 5.88. The summed E-state index contributed by atoms with van der Waals surface area (Å²) in [5.41, 5.74) is 0. The van der Waals surface area contributed by atoms with E-state index in [1.54, 1.807) is 7.05 Å². The molecule has 88 valence electrons. The molecule has 1 amide bonds. The number of likely N-dealkylation sites (tertiary alicyclic amines) is 1. The molecule has 1 fully saturated rings. The number of nitrogens with zero attached hydrogens (tertiary/aromatic N) is 2. The zero-order valence-electron chi connectivity index (χ0n) is 8.67. The van der Waals surface area contributed by atoms with E-state index in [9.17, 15) is 13.2 Å². The van der Waals surface area contributed by atoms with Crippen LogP contribution in [0.25, 0.3) is 0 Å². The Bertz CT molecular complexity index is 481. The fourth-order valence-corrected chi connectivity index (χ4v) is 2.71. The first-order valence-corrected chi connectivity index (χ1v) is 6.26. The number of amides is 1. The van der Waals surface area contributed by atoms with Gasteiger partial charge < -0.3 is 4.90 Å². The minimum atomic E-state index is -3.67. The molecule has 1 atom stereocenters. The minimum Gasteiger partial charge on any atom is -0.344 e. The molecule has 16 heavy (non-hydrogen) atoms. The highest BCUT2D eigenvalue weighted by Gasteiger charge is 2.33. The van der Waals surface area contributed by atoms with Crippen molar-refractivity contribution in [1.29, 1.82) is 0 Å². The molecule has 0 spiro atoms. The van der Waals surface area contributed by atoms with Gasteiger partial charge in [0, 0.05) is 13.6 Å². The van der Waals surface area contributed by atoms with Crippen molar-refractivity contribution in [2.75, 3.05) is 13.6 Å². The average Bonchev–Trinajstić information content (AvgIpc) is 2.83. The number of sulfonamides is 1. The van der Waals surface area contributed by atoms with Gasteiger partial charge in [-0.2, -0.15) is 9.82 Å². The van der Waals surface area contributed by atoms with Crippen LogP contribution < -0.4 is 4.72 Å². The lowest BCUT2D eigenvalue weighted by Gasteiger charge is -2.11. The molecular formula is C8H12N4O3S. The number of likely N-dealkylation sites (N-methyl/N-ethyl adjacent to an activating group) is 1. The highest BCUT2D eigenvalue weighted by Crippen LogP contribution is 2.12. The van der Waals surface area contributed by atoms with Crippen LogP contribution in [-0.2, 0) is 14.8 Å². The third-order valence-electron chi connectivity index (χ3n) is 2.49. The van der Waals surface area contributed by atoms with Crippen LogP contribution >= 0.6 is 0 Å². The molecule has 0 radical (unpaired) electrons. The third-order valence-corrected chi connectivity index (χ3v) is 3.89. The van der Waals surface area contributed by atoms with Crippen molar-refractivity contribution < 1.29 is 13.2 Å². The van der Waals surface area contributed by atoms with Crippen LogP contribution in [0.2, 0.25) is 0 Å². The number of hydrogen-bond donors (Lipinski definition) is 2. The van der Waals surface area contributed by atoms with E-state index in [1.807, 2.05) is 0 Å². The summed E-state index contributed by atoms with van der Waals surface area (Å²) in [6.45, 7) is 0.564. The van der Waals surface area contributed by atoms with Crippen molar-refractivity contribution in [3.8, 4) is 0 Å². The number of aromatic nitrogens is 2. The smallest absolute Gasteiger partial charge is 0.258 e. The van der Waals surface area contributed by atoms with E-state index in [1.165, 1.54) is 17.2 Å².